The molecule has 0 atom stereocenters. The molecule has 0 spiro atoms. The molecule has 8 heteroatoms. The van der Waals surface area contributed by atoms with E-state index in [0.717, 1.165) is 0 Å². The van der Waals surface area contributed by atoms with Gasteiger partial charge in [-0.05, 0) is 31.3 Å². The highest BCUT2D eigenvalue weighted by Crippen LogP contribution is 2.15. The smallest absolute Gasteiger partial charge is 0.213 e. The lowest BCUT2D eigenvalue weighted by molar-refractivity contribution is 0.605. The Morgan fingerprint density at radius 3 is 2.71 bits per heavy atom. The number of aromatic nitrogens is 5. The summed E-state index contributed by atoms with van der Waals surface area (Å²) in [4.78, 5) is 16.0. The van der Waals surface area contributed by atoms with E-state index in [2.05, 4.69) is 20.3 Å². The standard InChI is InChI=1S/C13H10FN5OS/c1-7-6-10(20)11(12-15-13(21)17-16-12)18-19(7)9-5-3-2-4-8(9)14/h2-6H,1H3,(H2,15,16,17,21). The van der Waals surface area contributed by atoms with Crippen molar-refractivity contribution in [3.63, 3.8) is 0 Å². The second-order valence-corrected chi connectivity index (χ2v) is 4.76. The number of halogens is 1. The maximum Gasteiger partial charge on any atom is 0.213 e. The van der Waals surface area contributed by atoms with Crippen LogP contribution in [0.15, 0.2) is 35.1 Å². The van der Waals surface area contributed by atoms with Crippen molar-refractivity contribution in [1.29, 1.82) is 0 Å². The third-order valence-corrected chi connectivity index (χ3v) is 3.11. The van der Waals surface area contributed by atoms with Crippen LogP contribution in [0.25, 0.3) is 17.2 Å². The van der Waals surface area contributed by atoms with Gasteiger partial charge in [0.05, 0.1) is 0 Å². The van der Waals surface area contributed by atoms with E-state index in [4.69, 9.17) is 12.2 Å². The van der Waals surface area contributed by atoms with Crippen molar-refractivity contribution in [2.75, 3.05) is 0 Å². The van der Waals surface area contributed by atoms with Gasteiger partial charge in [0.15, 0.2) is 11.5 Å². The molecule has 0 aliphatic rings. The first-order chi connectivity index (χ1) is 10.1. The second kappa shape index (κ2) is 5.06. The van der Waals surface area contributed by atoms with E-state index in [1.807, 2.05) is 0 Å². The molecule has 0 radical (unpaired) electrons. The summed E-state index contributed by atoms with van der Waals surface area (Å²) >= 11 is 4.85. The summed E-state index contributed by atoms with van der Waals surface area (Å²) in [5.41, 5.74) is 0.516. The Morgan fingerprint density at radius 2 is 2.05 bits per heavy atom. The van der Waals surface area contributed by atoms with Crippen molar-refractivity contribution in [3.05, 3.63) is 56.8 Å². The van der Waals surface area contributed by atoms with Crippen LogP contribution in [-0.2, 0) is 0 Å². The van der Waals surface area contributed by atoms with Gasteiger partial charge in [-0.25, -0.2) is 9.07 Å². The Labute approximate surface area is 123 Å². The topological polar surface area (TPSA) is 79.4 Å². The van der Waals surface area contributed by atoms with Crippen LogP contribution in [0, 0.1) is 17.5 Å². The van der Waals surface area contributed by atoms with Gasteiger partial charge < -0.3 is 0 Å². The monoisotopic (exact) mass is 303 g/mol. The molecule has 2 aromatic heterocycles. The molecule has 0 unspecified atom stereocenters. The number of aromatic amines is 2. The summed E-state index contributed by atoms with van der Waals surface area (Å²) in [6.45, 7) is 1.68. The number of hydrogen-bond acceptors (Lipinski definition) is 4. The van der Waals surface area contributed by atoms with Crippen molar-refractivity contribution in [2.45, 2.75) is 6.92 Å². The second-order valence-electron chi connectivity index (χ2n) is 4.38. The van der Waals surface area contributed by atoms with Crippen molar-refractivity contribution in [2.24, 2.45) is 0 Å². The van der Waals surface area contributed by atoms with E-state index in [1.165, 1.54) is 16.8 Å². The minimum atomic E-state index is -0.433. The molecule has 0 bridgehead atoms. The molecule has 21 heavy (non-hydrogen) atoms. The highest BCUT2D eigenvalue weighted by atomic mass is 32.1. The number of aryl methyl sites for hydroxylation is 1. The van der Waals surface area contributed by atoms with Gasteiger partial charge in [-0.3, -0.25) is 15.0 Å². The molecule has 3 rings (SSSR count). The average Bonchev–Trinajstić information content (AvgIpc) is 2.86. The van der Waals surface area contributed by atoms with Crippen molar-refractivity contribution >= 4 is 12.2 Å². The average molecular weight is 303 g/mol. The predicted molar refractivity (Wildman–Crippen MR) is 77.3 cm³/mol. The number of rotatable bonds is 2. The Kier molecular flexibility index (Phi) is 3.22. The molecule has 106 valence electrons. The molecule has 6 nitrogen and oxygen atoms in total. The lowest BCUT2D eigenvalue weighted by atomic mass is 10.2. The van der Waals surface area contributed by atoms with E-state index in [1.54, 1.807) is 25.1 Å². The zero-order valence-corrected chi connectivity index (χ0v) is 11.7. The van der Waals surface area contributed by atoms with Crippen LogP contribution in [0.4, 0.5) is 4.39 Å². The van der Waals surface area contributed by atoms with Gasteiger partial charge in [-0.2, -0.15) is 10.1 Å². The molecular formula is C13H10FN5OS. The van der Waals surface area contributed by atoms with E-state index in [0.29, 0.717) is 5.69 Å². The minimum Gasteiger partial charge on any atom is -0.287 e. The molecule has 0 aliphatic heterocycles. The van der Waals surface area contributed by atoms with Crippen LogP contribution >= 0.6 is 12.2 Å². The Hall–Kier alpha value is -2.61. The van der Waals surface area contributed by atoms with E-state index in [9.17, 15) is 9.18 Å². The Morgan fingerprint density at radius 1 is 1.29 bits per heavy atom. The molecule has 0 aliphatic carbocycles. The number of benzene rings is 1. The van der Waals surface area contributed by atoms with Gasteiger partial charge in [0.25, 0.3) is 0 Å². The minimum absolute atomic E-state index is 0.0659. The summed E-state index contributed by atoms with van der Waals surface area (Å²) < 4.78 is 15.5. The summed E-state index contributed by atoms with van der Waals surface area (Å²) in [7, 11) is 0. The summed E-state index contributed by atoms with van der Waals surface area (Å²) in [6.07, 6.45) is 0. The summed E-state index contributed by atoms with van der Waals surface area (Å²) in [5.74, 6) is -0.215. The summed E-state index contributed by atoms with van der Waals surface area (Å²) in [5, 5.41) is 9.45. The lowest BCUT2D eigenvalue weighted by Gasteiger charge is -2.10. The fourth-order valence-electron chi connectivity index (χ4n) is 1.96. The zero-order valence-electron chi connectivity index (χ0n) is 10.9. The highest BCUT2D eigenvalue weighted by Gasteiger charge is 2.13. The zero-order chi connectivity index (χ0) is 15.0. The maximum absolute atomic E-state index is 13.9. The fourth-order valence-corrected chi connectivity index (χ4v) is 2.10. The molecule has 3 aromatic rings. The third kappa shape index (κ3) is 2.40. The largest absolute Gasteiger partial charge is 0.287 e. The predicted octanol–water partition coefficient (Wildman–Crippen LogP) is 2.13. The van der Waals surface area contributed by atoms with Crippen LogP contribution in [0.1, 0.15) is 5.69 Å². The molecular weight excluding hydrogens is 293 g/mol. The summed E-state index contributed by atoms with van der Waals surface area (Å²) in [6, 6.07) is 7.56. The molecule has 0 saturated heterocycles. The van der Waals surface area contributed by atoms with Gasteiger partial charge in [-0.15, -0.1) is 0 Å². The number of nitrogens with zero attached hydrogens (tertiary/aromatic N) is 3. The van der Waals surface area contributed by atoms with Crippen LogP contribution < -0.4 is 5.43 Å². The number of H-pyrrole nitrogens is 2. The lowest BCUT2D eigenvalue weighted by Crippen LogP contribution is -2.17. The first kappa shape index (κ1) is 13.4. The van der Waals surface area contributed by atoms with Gasteiger partial charge in [0, 0.05) is 11.8 Å². The molecule has 0 amide bonds. The van der Waals surface area contributed by atoms with E-state index in [-0.39, 0.29) is 27.4 Å². The normalized spacial score (nSPS) is 10.8. The highest BCUT2D eigenvalue weighted by molar-refractivity contribution is 7.71. The quantitative estimate of drug-likeness (QED) is 0.711. The van der Waals surface area contributed by atoms with Gasteiger partial charge in [0.1, 0.15) is 11.5 Å². The number of para-hydroxylation sites is 1. The van der Waals surface area contributed by atoms with Crippen molar-refractivity contribution < 1.29 is 4.39 Å². The number of nitrogens with one attached hydrogen (secondary N) is 2. The molecule has 0 fully saturated rings. The van der Waals surface area contributed by atoms with Crippen LogP contribution in [-0.4, -0.2) is 25.0 Å². The van der Waals surface area contributed by atoms with Crippen LogP contribution in [0.3, 0.4) is 0 Å². The first-order valence-corrected chi connectivity index (χ1v) is 6.48. The molecule has 2 heterocycles. The first-order valence-electron chi connectivity index (χ1n) is 6.07. The molecule has 0 saturated carbocycles. The van der Waals surface area contributed by atoms with Crippen molar-refractivity contribution in [3.8, 4) is 17.2 Å². The van der Waals surface area contributed by atoms with Crippen molar-refractivity contribution in [1.82, 2.24) is 25.0 Å². The van der Waals surface area contributed by atoms with Gasteiger partial charge in [0.2, 0.25) is 10.2 Å². The number of hydrogen-bond donors (Lipinski definition) is 2. The maximum atomic E-state index is 13.9. The molecule has 2 N–H and O–H groups in total. The Bertz CT molecular complexity index is 927. The van der Waals surface area contributed by atoms with Gasteiger partial charge >= 0.3 is 0 Å². The third-order valence-electron chi connectivity index (χ3n) is 2.91. The SMILES string of the molecule is Cc1cc(=O)c(-c2nc(=S)[nH][nH]2)nn1-c1ccccc1F. The van der Waals surface area contributed by atoms with Crippen LogP contribution in [0.5, 0.6) is 0 Å². The molecule has 1 aromatic carbocycles. The van der Waals surface area contributed by atoms with Gasteiger partial charge in [-0.1, -0.05) is 12.1 Å². The van der Waals surface area contributed by atoms with Crippen LogP contribution in [0.2, 0.25) is 0 Å². The van der Waals surface area contributed by atoms with E-state index >= 15 is 0 Å². The van der Waals surface area contributed by atoms with E-state index < -0.39 is 5.82 Å². The fraction of sp³-hybridized carbons (Fsp3) is 0.0769. The Balaban J connectivity index is 2.26.